The zero-order valence-corrected chi connectivity index (χ0v) is 37.4. The Hall–Kier alpha value is -8.86. The number of hydrogen-bond donors (Lipinski definition) is 0. The number of hydrogen-bond acceptors (Lipinski definition) is 4. The molecule has 0 saturated carbocycles. The normalized spacial score (nSPS) is 13.1. The Morgan fingerprint density at radius 3 is 1.31 bits per heavy atom. The van der Waals surface area contributed by atoms with Crippen LogP contribution >= 0.6 is 0 Å². The molecule has 0 saturated heterocycles. The average Bonchev–Trinajstić information content (AvgIpc) is 3.59. The van der Waals surface area contributed by atoms with E-state index in [-0.39, 0.29) is 0 Å². The summed E-state index contributed by atoms with van der Waals surface area (Å²) in [5, 5.41) is 9.70. The summed E-state index contributed by atoms with van der Waals surface area (Å²) in [6, 6.07) is 76.3. The molecular weight excluding hydrogens is 825 g/mol. The van der Waals surface area contributed by atoms with Crippen LogP contribution in [0.3, 0.4) is 0 Å². The quantitative estimate of drug-likeness (QED) is 0.150. The maximum absolute atomic E-state index is 5.62. The van der Waals surface area contributed by atoms with Crippen LogP contribution in [0.1, 0.15) is 30.0 Å². The first-order valence-electron chi connectivity index (χ1n) is 23.2. The predicted octanol–water partition coefficient (Wildman–Crippen LogP) is 16.4. The fourth-order valence-corrected chi connectivity index (χ4v) is 10.1. The summed E-state index contributed by atoms with van der Waals surface area (Å²) in [4.78, 5) is 20.6. The van der Waals surface area contributed by atoms with Crippen molar-refractivity contribution in [2.75, 3.05) is 0 Å². The van der Waals surface area contributed by atoms with Crippen LogP contribution in [0, 0.1) is 0 Å². The van der Waals surface area contributed by atoms with E-state index in [0.29, 0.717) is 12.3 Å². The van der Waals surface area contributed by atoms with Crippen LogP contribution in [0.4, 0.5) is 0 Å². The number of fused-ring (bicyclic) bond motifs is 2. The number of benzene rings is 10. The molecule has 13 rings (SSSR count). The van der Waals surface area contributed by atoms with Gasteiger partial charge in [0.25, 0.3) is 0 Å². The van der Waals surface area contributed by atoms with Gasteiger partial charge in [-0.15, -0.1) is 0 Å². The highest BCUT2D eigenvalue weighted by Gasteiger charge is 2.21. The summed E-state index contributed by atoms with van der Waals surface area (Å²) in [5.74, 6) is 0.704. The molecule has 12 aromatic rings. The van der Waals surface area contributed by atoms with Crippen molar-refractivity contribution in [2.24, 2.45) is 9.98 Å². The number of allylic oxidation sites excluding steroid dienone is 1. The molecule has 0 radical (unpaired) electrons. The number of amidine groups is 1. The lowest BCUT2D eigenvalue weighted by molar-refractivity contribution is 1.25. The van der Waals surface area contributed by atoms with Gasteiger partial charge in [0.05, 0.1) is 22.4 Å². The molecule has 0 N–H and O–H groups in total. The molecule has 4 nitrogen and oxygen atoms in total. The fraction of sp³-hybridized carbons (Fsp3) is 0.0312. The summed E-state index contributed by atoms with van der Waals surface area (Å²) in [7, 11) is 0. The molecule has 68 heavy (non-hydrogen) atoms. The Balaban J connectivity index is 0.958. The highest BCUT2D eigenvalue weighted by Crippen LogP contribution is 2.38. The van der Waals surface area contributed by atoms with Crippen LogP contribution in [0.2, 0.25) is 0 Å². The fourth-order valence-electron chi connectivity index (χ4n) is 10.1. The Kier molecular flexibility index (Phi) is 9.43. The molecule has 4 heteroatoms. The van der Waals surface area contributed by atoms with Gasteiger partial charge in [-0.3, -0.25) is 9.97 Å². The number of para-hydroxylation sites is 2. The molecule has 318 valence electrons. The number of rotatable bonds is 7. The van der Waals surface area contributed by atoms with Gasteiger partial charge in [-0.25, -0.2) is 9.98 Å². The number of aromatic nitrogens is 2. The van der Waals surface area contributed by atoms with Gasteiger partial charge in [-0.05, 0) is 138 Å². The van der Waals surface area contributed by atoms with Crippen molar-refractivity contribution >= 4 is 71.4 Å². The van der Waals surface area contributed by atoms with Crippen molar-refractivity contribution in [2.45, 2.75) is 13.3 Å². The van der Waals surface area contributed by atoms with Crippen molar-refractivity contribution < 1.29 is 0 Å². The van der Waals surface area contributed by atoms with Crippen LogP contribution < -0.4 is 0 Å². The first-order valence-corrected chi connectivity index (χ1v) is 23.2. The van der Waals surface area contributed by atoms with Crippen molar-refractivity contribution in [3.8, 4) is 44.5 Å². The van der Waals surface area contributed by atoms with E-state index < -0.39 is 0 Å². The molecule has 0 bridgehead atoms. The largest absolute Gasteiger partial charge is 0.256 e. The molecule has 0 amide bonds. The minimum atomic E-state index is 0.635. The summed E-state index contributed by atoms with van der Waals surface area (Å²) in [6.45, 7) is 2.20. The maximum atomic E-state index is 5.62. The van der Waals surface area contributed by atoms with Gasteiger partial charge >= 0.3 is 0 Å². The number of aliphatic imine (C=N–C) groups is 2. The maximum Gasteiger partial charge on any atom is 0.160 e. The lowest BCUT2D eigenvalue weighted by Crippen LogP contribution is -2.07. The van der Waals surface area contributed by atoms with E-state index in [2.05, 4.69) is 207 Å². The van der Waals surface area contributed by atoms with Gasteiger partial charge in [0.1, 0.15) is 0 Å². The van der Waals surface area contributed by atoms with Crippen molar-refractivity contribution in [1.29, 1.82) is 0 Å². The lowest BCUT2D eigenvalue weighted by Gasteiger charge is -2.15. The molecule has 2 aromatic heterocycles. The van der Waals surface area contributed by atoms with Gasteiger partial charge in [-0.2, -0.15) is 0 Å². The summed E-state index contributed by atoms with van der Waals surface area (Å²) >= 11 is 0. The van der Waals surface area contributed by atoms with E-state index in [1.807, 2.05) is 24.5 Å². The third-order valence-electron chi connectivity index (χ3n) is 13.6. The molecule has 0 atom stereocenters. The molecule has 3 heterocycles. The summed E-state index contributed by atoms with van der Waals surface area (Å²) in [6.07, 6.45) is 4.57. The summed E-state index contributed by atoms with van der Waals surface area (Å²) < 4.78 is 0. The van der Waals surface area contributed by atoms with Crippen LogP contribution in [0.5, 0.6) is 0 Å². The molecule has 0 unspecified atom stereocenters. The second-order valence-electron chi connectivity index (χ2n) is 18.0. The van der Waals surface area contributed by atoms with E-state index >= 15 is 0 Å². The minimum absolute atomic E-state index is 0.635. The van der Waals surface area contributed by atoms with Crippen molar-refractivity contribution in [3.63, 3.8) is 0 Å². The van der Waals surface area contributed by atoms with Crippen molar-refractivity contribution in [3.05, 3.63) is 247 Å². The molecule has 0 spiro atoms. The predicted molar refractivity (Wildman–Crippen MR) is 286 cm³/mol. The van der Waals surface area contributed by atoms with E-state index in [4.69, 9.17) is 20.0 Å². The van der Waals surface area contributed by atoms with Gasteiger partial charge in [0, 0.05) is 51.8 Å². The molecule has 1 aliphatic rings. The Bertz CT molecular complexity index is 3830. The zero-order chi connectivity index (χ0) is 45.1. The van der Waals surface area contributed by atoms with Gasteiger partial charge < -0.3 is 0 Å². The second-order valence-corrected chi connectivity index (χ2v) is 18.0. The first kappa shape index (κ1) is 39.5. The van der Waals surface area contributed by atoms with E-state index in [1.165, 1.54) is 32.3 Å². The highest BCUT2D eigenvalue weighted by atomic mass is 14.9. The molecule has 1 aliphatic heterocycles. The van der Waals surface area contributed by atoms with Gasteiger partial charge in [-0.1, -0.05) is 158 Å². The van der Waals surface area contributed by atoms with Gasteiger partial charge in [0.15, 0.2) is 5.84 Å². The van der Waals surface area contributed by atoms with Crippen LogP contribution in [-0.4, -0.2) is 21.5 Å². The third-order valence-corrected chi connectivity index (χ3v) is 13.6. The van der Waals surface area contributed by atoms with Crippen molar-refractivity contribution in [1.82, 2.24) is 9.97 Å². The smallest absolute Gasteiger partial charge is 0.160 e. The highest BCUT2D eigenvalue weighted by molar-refractivity contribution is 6.25. The van der Waals surface area contributed by atoms with E-state index in [0.717, 1.165) is 100.0 Å². The SMILES string of the molecule is CC1=C(c2ccccc2)N=C(c2cc3ccc4cccc5ccc(c2)c3c45)N=C(c2cc(-c3ccc(-c4cnc5ccccc5c4)cc3)cc(-c3ccc(-c4cnc5ccccc5c4)cc3)c2)C1. The van der Waals surface area contributed by atoms with Gasteiger partial charge in [0.2, 0.25) is 0 Å². The average molecular weight is 867 g/mol. The van der Waals surface area contributed by atoms with Crippen LogP contribution in [0.15, 0.2) is 240 Å². The third kappa shape index (κ3) is 7.11. The van der Waals surface area contributed by atoms with E-state index in [9.17, 15) is 0 Å². The van der Waals surface area contributed by atoms with E-state index in [1.54, 1.807) is 0 Å². The number of pyridine rings is 2. The minimum Gasteiger partial charge on any atom is -0.256 e. The Labute approximate surface area is 394 Å². The van der Waals surface area contributed by atoms with Crippen LogP contribution in [-0.2, 0) is 0 Å². The molecule has 0 aliphatic carbocycles. The number of nitrogens with zero attached hydrogens (tertiary/aromatic N) is 4. The molecular formula is C64H42N4. The molecule has 10 aromatic carbocycles. The zero-order valence-electron chi connectivity index (χ0n) is 37.4. The standard InChI is InChI=1S/C64H42N4/c1-40-30-60(67-64(68-63(40)47-10-3-2-4-11-47)55-33-50-28-26-45-14-9-15-46-27-29-51(34-55)62(50)61(45)46)54-36-52(41-18-22-43(23-19-41)56-31-48-12-5-7-16-58(48)65-38-56)35-53(37-54)42-20-24-44(25-21-42)57-32-49-13-6-8-17-59(49)66-39-57/h2-29,31-39H,30H2,1H3. The summed E-state index contributed by atoms with van der Waals surface area (Å²) in [5.41, 5.74) is 17.1. The second kappa shape index (κ2) is 16.2. The Morgan fingerprint density at radius 1 is 0.309 bits per heavy atom. The first-order chi connectivity index (χ1) is 33.5. The lowest BCUT2D eigenvalue weighted by atomic mass is 9.91. The topological polar surface area (TPSA) is 50.5 Å². The Morgan fingerprint density at radius 2 is 0.750 bits per heavy atom. The van der Waals surface area contributed by atoms with Crippen LogP contribution in [0.25, 0.3) is 104 Å². The monoisotopic (exact) mass is 866 g/mol. The molecule has 0 fully saturated rings.